The molecule has 0 radical (unpaired) electrons. The molecule has 1 aliphatic rings. The summed E-state index contributed by atoms with van der Waals surface area (Å²) in [5.41, 5.74) is -1.47. The molecule has 16 heteroatoms. The Hall–Kier alpha value is -3.44. The van der Waals surface area contributed by atoms with E-state index in [2.05, 4.69) is 10.6 Å². The van der Waals surface area contributed by atoms with Crippen LogP contribution in [0.15, 0.2) is 18.2 Å². The van der Waals surface area contributed by atoms with Crippen molar-refractivity contribution in [2.45, 2.75) is 49.6 Å². The van der Waals surface area contributed by atoms with Gasteiger partial charge in [0.25, 0.3) is 17.2 Å². The highest BCUT2D eigenvalue weighted by atomic mass is 16.7. The summed E-state index contributed by atoms with van der Waals surface area (Å²) in [6, 6.07) is 1.25. The maximum Gasteiger partial charge on any atom is 0.364 e. The maximum atomic E-state index is 11.5. The number of hydrogen-bond donors (Lipinski definition) is 7. The molecule has 6 atom stereocenters. The minimum Gasteiger partial charge on any atom is -0.477 e. The molecule has 1 aliphatic heterocycles. The summed E-state index contributed by atoms with van der Waals surface area (Å²) in [5, 5.41) is 77.1. The van der Waals surface area contributed by atoms with E-state index >= 15 is 0 Å². The third-order valence-corrected chi connectivity index (χ3v) is 4.91. The summed E-state index contributed by atoms with van der Waals surface area (Å²) < 4.78 is 5.02. The number of nitro benzene ring substituents is 2. The lowest BCUT2D eigenvalue weighted by Gasteiger charge is -2.44. The van der Waals surface area contributed by atoms with Gasteiger partial charge < -0.3 is 40.9 Å². The van der Waals surface area contributed by atoms with E-state index in [-0.39, 0.29) is 5.69 Å². The van der Waals surface area contributed by atoms with Gasteiger partial charge in [0, 0.05) is 26.0 Å². The zero-order chi connectivity index (χ0) is 25.1. The second-order valence-electron chi connectivity index (χ2n) is 7.32. The van der Waals surface area contributed by atoms with Crippen LogP contribution in [0.3, 0.4) is 0 Å². The van der Waals surface area contributed by atoms with Crippen molar-refractivity contribution in [3.05, 3.63) is 38.4 Å². The molecule has 1 fully saturated rings. The van der Waals surface area contributed by atoms with Crippen LogP contribution in [0.2, 0.25) is 0 Å². The lowest BCUT2D eigenvalue weighted by Crippen LogP contribution is -2.67. The summed E-state index contributed by atoms with van der Waals surface area (Å²) >= 11 is 0. The van der Waals surface area contributed by atoms with E-state index in [1.54, 1.807) is 0 Å². The number of rotatable bonds is 9. The van der Waals surface area contributed by atoms with Crippen molar-refractivity contribution in [2.24, 2.45) is 0 Å². The molecule has 1 saturated heterocycles. The van der Waals surface area contributed by atoms with Crippen molar-refractivity contribution in [2.75, 3.05) is 11.9 Å². The fourth-order valence-corrected chi connectivity index (χ4v) is 3.30. The number of ether oxygens (including phenoxy) is 1. The van der Waals surface area contributed by atoms with E-state index in [1.807, 2.05) is 0 Å². The highest BCUT2D eigenvalue weighted by Gasteiger charge is 2.53. The van der Waals surface area contributed by atoms with Gasteiger partial charge >= 0.3 is 5.97 Å². The normalized spacial score (nSPS) is 26.6. The number of nitrogens with one attached hydrogen (secondary N) is 2. The van der Waals surface area contributed by atoms with Gasteiger partial charge in [-0.1, -0.05) is 0 Å². The van der Waals surface area contributed by atoms with Crippen LogP contribution in [0.1, 0.15) is 13.3 Å². The van der Waals surface area contributed by atoms with Crippen molar-refractivity contribution in [3.8, 4) is 0 Å². The van der Waals surface area contributed by atoms with Crippen LogP contribution < -0.4 is 10.6 Å². The minimum absolute atomic E-state index is 0.234. The van der Waals surface area contributed by atoms with Gasteiger partial charge in [-0.2, -0.15) is 0 Å². The van der Waals surface area contributed by atoms with Crippen LogP contribution in [0.4, 0.5) is 17.1 Å². The highest BCUT2D eigenvalue weighted by Crippen LogP contribution is 2.32. The average Bonchev–Trinajstić information content (AvgIpc) is 2.72. The number of non-ortho nitro benzene ring substituents is 1. The Bertz CT molecular complexity index is 943. The molecule has 2 rings (SSSR count). The van der Waals surface area contributed by atoms with E-state index in [4.69, 9.17) is 4.74 Å². The highest BCUT2D eigenvalue weighted by molar-refractivity contribution is 5.76. The molecule has 0 bridgehead atoms. The molecule has 0 aromatic heterocycles. The molecular formula is C17H22N4O12. The largest absolute Gasteiger partial charge is 0.477 e. The molecule has 0 unspecified atom stereocenters. The minimum atomic E-state index is -2.93. The summed E-state index contributed by atoms with van der Waals surface area (Å²) in [7, 11) is 0. The number of hydrogen-bond acceptors (Lipinski definition) is 12. The number of carboxylic acid groups (broad SMARTS) is 1. The fourth-order valence-electron chi connectivity index (χ4n) is 3.30. The van der Waals surface area contributed by atoms with E-state index in [9.17, 15) is 55.4 Å². The number of amides is 1. The van der Waals surface area contributed by atoms with Gasteiger partial charge in [0.15, 0.2) is 0 Å². The second kappa shape index (κ2) is 10.0. The predicted molar refractivity (Wildman–Crippen MR) is 106 cm³/mol. The van der Waals surface area contributed by atoms with Crippen LogP contribution in [0.5, 0.6) is 0 Å². The smallest absolute Gasteiger partial charge is 0.364 e. The van der Waals surface area contributed by atoms with E-state index in [1.165, 1.54) is 0 Å². The molecule has 33 heavy (non-hydrogen) atoms. The zero-order valence-electron chi connectivity index (χ0n) is 17.0. The summed E-state index contributed by atoms with van der Waals surface area (Å²) in [4.78, 5) is 43.1. The van der Waals surface area contributed by atoms with Crippen LogP contribution in [0.25, 0.3) is 0 Å². The van der Waals surface area contributed by atoms with Gasteiger partial charge in [-0.25, -0.2) is 4.79 Å². The molecule has 0 saturated carbocycles. The Labute approximate surface area is 184 Å². The van der Waals surface area contributed by atoms with Gasteiger partial charge in [-0.3, -0.25) is 25.0 Å². The molecule has 16 nitrogen and oxygen atoms in total. The zero-order valence-corrected chi connectivity index (χ0v) is 17.0. The monoisotopic (exact) mass is 474 g/mol. The number of aliphatic hydroxyl groups is 4. The van der Waals surface area contributed by atoms with Crippen molar-refractivity contribution >= 4 is 28.9 Å². The average molecular weight is 474 g/mol. The Morgan fingerprint density at radius 2 is 1.91 bits per heavy atom. The lowest BCUT2D eigenvalue weighted by atomic mass is 9.88. The number of aliphatic hydroxyl groups excluding tert-OH is 3. The SMILES string of the molecule is CC(=O)N[C@H]1[C@H]([C@H](O)[C@H](O)CNc2ccc([N+](=O)[O-])cc2[N+](=O)[O-])O[C@@](O)(C(=O)O)C[C@@H]1O. The van der Waals surface area contributed by atoms with Crippen molar-refractivity contribution in [1.82, 2.24) is 5.32 Å². The van der Waals surface area contributed by atoms with Gasteiger partial charge in [0.1, 0.15) is 17.9 Å². The molecule has 1 amide bonds. The van der Waals surface area contributed by atoms with E-state index in [0.29, 0.717) is 6.07 Å². The Morgan fingerprint density at radius 3 is 2.42 bits per heavy atom. The molecule has 1 aromatic carbocycles. The molecule has 1 heterocycles. The number of carbonyl (C=O) groups excluding carboxylic acids is 1. The molecule has 0 spiro atoms. The summed E-state index contributed by atoms with van der Waals surface area (Å²) in [6.07, 6.45) is -8.17. The number of carbonyl (C=O) groups is 2. The lowest BCUT2D eigenvalue weighted by molar-refractivity contribution is -0.393. The fraction of sp³-hybridized carbons (Fsp3) is 0.529. The Kier molecular flexibility index (Phi) is 7.83. The van der Waals surface area contributed by atoms with Crippen LogP contribution >= 0.6 is 0 Å². The number of benzene rings is 1. The van der Waals surface area contributed by atoms with E-state index < -0.39 is 82.3 Å². The van der Waals surface area contributed by atoms with Crippen molar-refractivity contribution in [1.29, 1.82) is 0 Å². The van der Waals surface area contributed by atoms with Gasteiger partial charge in [0.2, 0.25) is 5.91 Å². The maximum absolute atomic E-state index is 11.5. The Balaban J connectivity index is 2.23. The molecule has 7 N–H and O–H groups in total. The van der Waals surface area contributed by atoms with Crippen molar-refractivity contribution < 1.29 is 49.7 Å². The van der Waals surface area contributed by atoms with Gasteiger partial charge in [0.05, 0.1) is 34.2 Å². The second-order valence-corrected chi connectivity index (χ2v) is 7.32. The first-order valence-electron chi connectivity index (χ1n) is 9.38. The first-order valence-corrected chi connectivity index (χ1v) is 9.38. The topological polar surface area (TPSA) is 255 Å². The summed E-state index contributed by atoms with van der Waals surface area (Å²) in [5.74, 6) is -5.49. The number of nitrogens with zero attached hydrogens (tertiary/aromatic N) is 2. The first-order chi connectivity index (χ1) is 15.3. The van der Waals surface area contributed by atoms with Gasteiger partial charge in [-0.05, 0) is 6.07 Å². The molecule has 0 aliphatic carbocycles. The first kappa shape index (κ1) is 25.8. The van der Waals surface area contributed by atoms with Crippen molar-refractivity contribution in [3.63, 3.8) is 0 Å². The molecule has 182 valence electrons. The quantitative estimate of drug-likeness (QED) is 0.152. The molecular weight excluding hydrogens is 452 g/mol. The van der Waals surface area contributed by atoms with Crippen LogP contribution in [0, 0.1) is 20.2 Å². The number of nitro groups is 2. The Morgan fingerprint density at radius 1 is 1.27 bits per heavy atom. The van der Waals surface area contributed by atoms with E-state index in [0.717, 1.165) is 19.1 Å². The third kappa shape index (κ3) is 5.88. The van der Waals surface area contributed by atoms with Gasteiger partial charge in [-0.15, -0.1) is 0 Å². The molecule has 1 aromatic rings. The van der Waals surface area contributed by atoms with Crippen LogP contribution in [-0.2, 0) is 14.3 Å². The predicted octanol–water partition coefficient (Wildman–Crippen LogP) is -1.94. The number of anilines is 1. The summed E-state index contributed by atoms with van der Waals surface area (Å²) in [6.45, 7) is 0.466. The number of aliphatic carboxylic acids is 1. The standard InChI is InChI=1S/C17H22N4O12/c1-7(22)19-13-11(23)5-17(28,16(26)27)33-15(13)14(25)12(24)6-18-9-3-2-8(20(29)30)4-10(9)21(31)32/h2-4,11-15,18,23-25,28H,5-6H2,1H3,(H,19,22)(H,26,27)/t11-,12+,13+,14+,15+,17+/m0/s1. The third-order valence-electron chi connectivity index (χ3n) is 4.91. The van der Waals surface area contributed by atoms with Crippen LogP contribution in [-0.4, -0.2) is 90.0 Å². The number of carboxylic acids is 1.